The van der Waals surface area contributed by atoms with Crippen LogP contribution in [0.25, 0.3) is 0 Å². The van der Waals surface area contributed by atoms with Gasteiger partial charge in [0.2, 0.25) is 0 Å². The topological polar surface area (TPSA) is 88.1 Å². The summed E-state index contributed by atoms with van der Waals surface area (Å²) in [6, 6.07) is 5.11. The van der Waals surface area contributed by atoms with Gasteiger partial charge in [0.1, 0.15) is 5.41 Å². The number of esters is 2. The number of hydrogen-bond donors (Lipinski definition) is 0. The van der Waals surface area contributed by atoms with Crippen LogP contribution < -0.4 is 9.47 Å². The summed E-state index contributed by atoms with van der Waals surface area (Å²) in [7, 11) is 1.48. The first kappa shape index (κ1) is 18.9. The molecule has 1 aromatic rings. The van der Waals surface area contributed by atoms with Gasteiger partial charge < -0.3 is 18.9 Å². The maximum Gasteiger partial charge on any atom is 0.321 e. The minimum Gasteiger partial charge on any atom is -0.493 e. The van der Waals surface area contributed by atoms with Gasteiger partial charge in [0.25, 0.3) is 0 Å². The number of ketones is 1. The predicted octanol–water partition coefficient (Wildman–Crippen LogP) is 1.97. The average molecular weight is 374 g/mol. The van der Waals surface area contributed by atoms with Crippen LogP contribution in [-0.2, 0) is 29.3 Å². The van der Waals surface area contributed by atoms with Gasteiger partial charge in [-0.05, 0) is 26.0 Å². The first-order chi connectivity index (χ1) is 13.0. The fourth-order valence-corrected chi connectivity index (χ4v) is 3.85. The van der Waals surface area contributed by atoms with Crippen molar-refractivity contribution in [3.05, 3.63) is 35.9 Å². The van der Waals surface area contributed by atoms with Gasteiger partial charge in [-0.2, -0.15) is 0 Å². The SMILES string of the molecule is CCOC(=O)CC1C=CC(=O)C2Oc3c(OC)cccc3C12C(=O)OCC. The zero-order valence-electron chi connectivity index (χ0n) is 15.5. The summed E-state index contributed by atoms with van der Waals surface area (Å²) in [5.74, 6) is -1.33. The van der Waals surface area contributed by atoms with Gasteiger partial charge in [-0.1, -0.05) is 18.2 Å². The van der Waals surface area contributed by atoms with E-state index in [-0.39, 0.29) is 25.4 Å². The molecular formula is C20H22O7. The molecule has 1 aliphatic heterocycles. The Hall–Kier alpha value is -2.83. The van der Waals surface area contributed by atoms with Crippen molar-refractivity contribution in [3.63, 3.8) is 0 Å². The van der Waals surface area contributed by atoms with E-state index in [4.69, 9.17) is 18.9 Å². The smallest absolute Gasteiger partial charge is 0.321 e. The Kier molecular flexibility index (Phi) is 5.21. The van der Waals surface area contributed by atoms with Crippen LogP contribution in [0.4, 0.5) is 0 Å². The van der Waals surface area contributed by atoms with Gasteiger partial charge in [0.05, 0.1) is 26.7 Å². The molecule has 0 N–H and O–H groups in total. The van der Waals surface area contributed by atoms with Crippen LogP contribution in [0.1, 0.15) is 25.8 Å². The Morgan fingerprint density at radius 1 is 1.19 bits per heavy atom. The molecule has 0 fully saturated rings. The third-order valence-electron chi connectivity index (χ3n) is 4.93. The van der Waals surface area contributed by atoms with Gasteiger partial charge in [-0.15, -0.1) is 0 Å². The number of methoxy groups -OCH3 is 1. The molecule has 0 radical (unpaired) electrons. The standard InChI is InChI=1S/C20H22O7/c1-4-25-16(22)11-12-9-10-14(21)18-20(12,19(23)26-5-2)13-7-6-8-15(24-3)17(13)27-18/h6-10,12,18H,4-5,11H2,1-3H3. The number of carbonyl (C=O) groups is 3. The average Bonchev–Trinajstić information content (AvgIpc) is 3.02. The van der Waals surface area contributed by atoms with E-state index in [0.29, 0.717) is 17.1 Å². The second kappa shape index (κ2) is 7.42. The number of benzene rings is 1. The highest BCUT2D eigenvalue weighted by molar-refractivity contribution is 6.05. The van der Waals surface area contributed by atoms with Crippen molar-refractivity contribution >= 4 is 17.7 Å². The molecule has 0 saturated heterocycles. The van der Waals surface area contributed by atoms with Crippen molar-refractivity contribution < 1.29 is 33.3 Å². The van der Waals surface area contributed by atoms with E-state index in [1.165, 1.54) is 13.2 Å². The monoisotopic (exact) mass is 374 g/mol. The Balaban J connectivity index is 2.19. The van der Waals surface area contributed by atoms with Crippen LogP contribution in [0.5, 0.6) is 11.5 Å². The summed E-state index contributed by atoms with van der Waals surface area (Å²) < 4.78 is 21.6. The minimum absolute atomic E-state index is 0.0764. The van der Waals surface area contributed by atoms with Crippen molar-refractivity contribution in [2.75, 3.05) is 20.3 Å². The van der Waals surface area contributed by atoms with Crippen LogP contribution in [0, 0.1) is 5.92 Å². The maximum absolute atomic E-state index is 13.2. The molecule has 1 aromatic carbocycles. The fourth-order valence-electron chi connectivity index (χ4n) is 3.85. The molecule has 3 unspecified atom stereocenters. The molecule has 7 nitrogen and oxygen atoms in total. The number of para-hydroxylation sites is 1. The molecule has 1 heterocycles. The lowest BCUT2D eigenvalue weighted by Gasteiger charge is -2.38. The summed E-state index contributed by atoms with van der Waals surface area (Å²) in [6.45, 7) is 3.76. The first-order valence-electron chi connectivity index (χ1n) is 8.89. The van der Waals surface area contributed by atoms with Gasteiger partial charge in [0.15, 0.2) is 23.4 Å². The third kappa shape index (κ3) is 2.87. The summed E-state index contributed by atoms with van der Waals surface area (Å²) in [4.78, 5) is 38.0. The Labute approximate surface area is 157 Å². The Morgan fingerprint density at radius 2 is 1.93 bits per heavy atom. The molecule has 144 valence electrons. The van der Waals surface area contributed by atoms with Crippen molar-refractivity contribution in [1.29, 1.82) is 0 Å². The van der Waals surface area contributed by atoms with Crippen molar-refractivity contribution in [1.82, 2.24) is 0 Å². The van der Waals surface area contributed by atoms with Crippen molar-refractivity contribution in [2.45, 2.75) is 31.8 Å². The Bertz CT molecular complexity index is 798. The fraction of sp³-hybridized carbons (Fsp3) is 0.450. The molecule has 0 aromatic heterocycles. The van der Waals surface area contributed by atoms with E-state index < -0.39 is 29.4 Å². The van der Waals surface area contributed by atoms with E-state index in [9.17, 15) is 14.4 Å². The highest BCUT2D eigenvalue weighted by Crippen LogP contribution is 2.55. The second-order valence-corrected chi connectivity index (χ2v) is 6.30. The minimum atomic E-state index is -1.46. The molecule has 7 heteroatoms. The van der Waals surface area contributed by atoms with Gasteiger partial charge in [-0.3, -0.25) is 14.4 Å². The zero-order chi connectivity index (χ0) is 19.6. The number of allylic oxidation sites excluding steroid dienone is 1. The quantitative estimate of drug-likeness (QED) is 0.703. The molecule has 2 aliphatic rings. The number of fused-ring (bicyclic) bond motifs is 3. The molecule has 1 aliphatic carbocycles. The lowest BCUT2D eigenvalue weighted by molar-refractivity contribution is -0.159. The lowest BCUT2D eigenvalue weighted by Crippen LogP contribution is -2.56. The summed E-state index contributed by atoms with van der Waals surface area (Å²) in [5, 5.41) is 0. The molecule has 0 amide bonds. The number of rotatable bonds is 6. The van der Waals surface area contributed by atoms with E-state index in [1.54, 1.807) is 38.1 Å². The second-order valence-electron chi connectivity index (χ2n) is 6.30. The highest BCUT2D eigenvalue weighted by Gasteiger charge is 2.64. The summed E-state index contributed by atoms with van der Waals surface area (Å²) >= 11 is 0. The molecule has 27 heavy (non-hydrogen) atoms. The summed E-state index contributed by atoms with van der Waals surface area (Å²) in [6.07, 6.45) is 1.73. The number of carbonyl (C=O) groups excluding carboxylic acids is 3. The van der Waals surface area contributed by atoms with E-state index in [2.05, 4.69) is 0 Å². The molecule has 0 spiro atoms. The van der Waals surface area contributed by atoms with Crippen LogP contribution in [0.15, 0.2) is 30.4 Å². The van der Waals surface area contributed by atoms with E-state index in [1.807, 2.05) is 0 Å². The van der Waals surface area contributed by atoms with Gasteiger partial charge in [-0.25, -0.2) is 0 Å². The van der Waals surface area contributed by atoms with Crippen molar-refractivity contribution in [2.24, 2.45) is 5.92 Å². The molecular weight excluding hydrogens is 352 g/mol. The lowest BCUT2D eigenvalue weighted by atomic mass is 9.63. The van der Waals surface area contributed by atoms with Crippen LogP contribution in [0.2, 0.25) is 0 Å². The molecule has 0 saturated carbocycles. The van der Waals surface area contributed by atoms with Crippen LogP contribution in [-0.4, -0.2) is 44.1 Å². The van der Waals surface area contributed by atoms with E-state index in [0.717, 1.165) is 0 Å². The third-order valence-corrected chi connectivity index (χ3v) is 4.93. The highest BCUT2D eigenvalue weighted by atomic mass is 16.6. The zero-order valence-corrected chi connectivity index (χ0v) is 15.5. The molecule has 3 atom stereocenters. The Morgan fingerprint density at radius 3 is 2.59 bits per heavy atom. The van der Waals surface area contributed by atoms with Gasteiger partial charge in [0, 0.05) is 11.5 Å². The normalized spacial score (nSPS) is 25.2. The van der Waals surface area contributed by atoms with Crippen molar-refractivity contribution in [3.8, 4) is 11.5 Å². The molecule has 3 rings (SSSR count). The predicted molar refractivity (Wildman–Crippen MR) is 94.6 cm³/mol. The largest absolute Gasteiger partial charge is 0.493 e. The molecule has 0 bridgehead atoms. The first-order valence-corrected chi connectivity index (χ1v) is 8.89. The maximum atomic E-state index is 13.2. The van der Waals surface area contributed by atoms with Crippen LogP contribution in [0.3, 0.4) is 0 Å². The van der Waals surface area contributed by atoms with Crippen LogP contribution >= 0.6 is 0 Å². The number of ether oxygens (including phenoxy) is 4. The van der Waals surface area contributed by atoms with Gasteiger partial charge >= 0.3 is 11.9 Å². The summed E-state index contributed by atoms with van der Waals surface area (Å²) in [5.41, 5.74) is -0.976. The van der Waals surface area contributed by atoms with E-state index >= 15 is 0 Å². The number of hydrogen-bond acceptors (Lipinski definition) is 7.